The van der Waals surface area contributed by atoms with E-state index in [9.17, 15) is 0 Å². The number of hydrogen-bond acceptors (Lipinski definition) is 5. The average molecular weight is 260 g/mol. The summed E-state index contributed by atoms with van der Waals surface area (Å²) in [6, 6.07) is 0. The van der Waals surface area contributed by atoms with Crippen molar-refractivity contribution in [1.82, 2.24) is 19.5 Å². The van der Waals surface area contributed by atoms with Crippen LogP contribution in [0.2, 0.25) is 0 Å². The molecular formula is C13H20N6. The average Bonchev–Trinajstić information content (AvgIpc) is 2.80. The number of nitrogen functional groups attached to an aromatic ring is 1. The van der Waals surface area contributed by atoms with Crippen LogP contribution in [0.15, 0.2) is 12.4 Å². The van der Waals surface area contributed by atoms with Gasteiger partial charge in [0.15, 0.2) is 0 Å². The molecule has 3 N–H and O–H groups in total. The Hall–Kier alpha value is -2.11. The standard InChI is InChI=1S/C13H20N6/c1-4-10-17-12(14)9(2)13(18-10)16-6-5-11-15-7-8-19(11)3/h7-8H,4-6H2,1-3H3,(H3,14,16,17,18). The summed E-state index contributed by atoms with van der Waals surface area (Å²) in [5.74, 6) is 3.18. The molecule has 6 heteroatoms. The summed E-state index contributed by atoms with van der Waals surface area (Å²) < 4.78 is 2.01. The highest BCUT2D eigenvalue weighted by atomic mass is 15.1. The Morgan fingerprint density at radius 2 is 2.16 bits per heavy atom. The highest BCUT2D eigenvalue weighted by molar-refractivity contribution is 5.54. The second-order valence-corrected chi connectivity index (χ2v) is 4.48. The Morgan fingerprint density at radius 1 is 1.37 bits per heavy atom. The monoisotopic (exact) mass is 260 g/mol. The summed E-state index contributed by atoms with van der Waals surface area (Å²) in [6.07, 6.45) is 5.36. The topological polar surface area (TPSA) is 81.6 Å². The van der Waals surface area contributed by atoms with Gasteiger partial charge in [-0.2, -0.15) is 0 Å². The number of nitrogens with one attached hydrogen (secondary N) is 1. The molecule has 102 valence electrons. The SMILES string of the molecule is CCc1nc(N)c(C)c(NCCc2nccn2C)n1. The largest absolute Gasteiger partial charge is 0.383 e. The molecule has 2 rings (SSSR count). The van der Waals surface area contributed by atoms with Gasteiger partial charge in [0.05, 0.1) is 0 Å². The fraction of sp³-hybridized carbons (Fsp3) is 0.462. The van der Waals surface area contributed by atoms with Gasteiger partial charge in [-0.25, -0.2) is 15.0 Å². The molecule has 0 radical (unpaired) electrons. The van der Waals surface area contributed by atoms with Crippen molar-refractivity contribution >= 4 is 11.6 Å². The Kier molecular flexibility index (Phi) is 3.99. The number of hydrogen-bond donors (Lipinski definition) is 2. The third-order valence-corrected chi connectivity index (χ3v) is 3.11. The number of aryl methyl sites for hydroxylation is 2. The molecule has 2 aromatic heterocycles. The van der Waals surface area contributed by atoms with E-state index in [1.165, 1.54) is 0 Å². The third-order valence-electron chi connectivity index (χ3n) is 3.11. The van der Waals surface area contributed by atoms with Crippen molar-refractivity contribution in [1.29, 1.82) is 0 Å². The second kappa shape index (κ2) is 5.69. The number of nitrogens with zero attached hydrogens (tertiary/aromatic N) is 4. The molecule has 0 saturated carbocycles. The lowest BCUT2D eigenvalue weighted by atomic mass is 10.3. The van der Waals surface area contributed by atoms with Crippen molar-refractivity contribution in [2.45, 2.75) is 26.7 Å². The lowest BCUT2D eigenvalue weighted by molar-refractivity contribution is 0.787. The zero-order valence-electron chi connectivity index (χ0n) is 11.6. The molecular weight excluding hydrogens is 240 g/mol. The first-order chi connectivity index (χ1) is 9.11. The molecule has 0 aliphatic carbocycles. The van der Waals surface area contributed by atoms with Crippen LogP contribution >= 0.6 is 0 Å². The molecule has 0 aliphatic rings. The summed E-state index contributed by atoms with van der Waals surface area (Å²) in [5.41, 5.74) is 6.78. The van der Waals surface area contributed by atoms with Crippen molar-refractivity contribution in [3.63, 3.8) is 0 Å². The van der Waals surface area contributed by atoms with Crippen molar-refractivity contribution in [3.8, 4) is 0 Å². The summed E-state index contributed by atoms with van der Waals surface area (Å²) in [4.78, 5) is 13.0. The van der Waals surface area contributed by atoms with Gasteiger partial charge in [-0.05, 0) is 6.92 Å². The van der Waals surface area contributed by atoms with Crippen LogP contribution in [0.4, 0.5) is 11.6 Å². The molecule has 2 aromatic rings. The molecule has 0 aliphatic heterocycles. The molecule has 0 atom stereocenters. The predicted molar refractivity (Wildman–Crippen MR) is 76.0 cm³/mol. The van der Waals surface area contributed by atoms with Crippen LogP contribution in [-0.4, -0.2) is 26.1 Å². The van der Waals surface area contributed by atoms with Crippen molar-refractivity contribution < 1.29 is 0 Å². The van der Waals surface area contributed by atoms with Crippen LogP contribution in [0.25, 0.3) is 0 Å². The fourth-order valence-corrected chi connectivity index (χ4v) is 1.84. The summed E-state index contributed by atoms with van der Waals surface area (Å²) in [6.45, 7) is 4.71. The van der Waals surface area contributed by atoms with Crippen LogP contribution in [0.5, 0.6) is 0 Å². The van der Waals surface area contributed by atoms with Gasteiger partial charge in [0.1, 0.15) is 23.3 Å². The normalized spacial score (nSPS) is 10.7. The molecule has 2 heterocycles. The summed E-state index contributed by atoms with van der Waals surface area (Å²) in [5, 5.41) is 3.31. The second-order valence-electron chi connectivity index (χ2n) is 4.48. The van der Waals surface area contributed by atoms with E-state index in [-0.39, 0.29) is 0 Å². The fourth-order valence-electron chi connectivity index (χ4n) is 1.84. The quantitative estimate of drug-likeness (QED) is 0.847. The Bertz CT molecular complexity index is 560. The van der Waals surface area contributed by atoms with Crippen LogP contribution in [-0.2, 0) is 19.9 Å². The van der Waals surface area contributed by atoms with E-state index in [0.717, 1.165) is 42.4 Å². The van der Waals surface area contributed by atoms with Gasteiger partial charge >= 0.3 is 0 Å². The first kappa shape index (κ1) is 13.3. The van der Waals surface area contributed by atoms with Gasteiger partial charge in [0, 0.05) is 44.4 Å². The van der Waals surface area contributed by atoms with Crippen molar-refractivity contribution in [3.05, 3.63) is 29.6 Å². The van der Waals surface area contributed by atoms with E-state index in [1.54, 1.807) is 6.20 Å². The predicted octanol–water partition coefficient (Wildman–Crippen LogP) is 1.32. The lowest BCUT2D eigenvalue weighted by Crippen LogP contribution is -2.13. The highest BCUT2D eigenvalue weighted by Crippen LogP contribution is 2.17. The van der Waals surface area contributed by atoms with E-state index < -0.39 is 0 Å². The first-order valence-electron chi connectivity index (χ1n) is 6.45. The summed E-state index contributed by atoms with van der Waals surface area (Å²) in [7, 11) is 1.99. The minimum absolute atomic E-state index is 0.548. The van der Waals surface area contributed by atoms with E-state index in [0.29, 0.717) is 5.82 Å². The zero-order valence-corrected chi connectivity index (χ0v) is 11.6. The molecule has 0 saturated heterocycles. The van der Waals surface area contributed by atoms with Crippen LogP contribution < -0.4 is 11.1 Å². The van der Waals surface area contributed by atoms with Crippen molar-refractivity contribution in [2.75, 3.05) is 17.6 Å². The van der Waals surface area contributed by atoms with E-state index in [4.69, 9.17) is 5.73 Å². The Balaban J connectivity index is 2.03. The van der Waals surface area contributed by atoms with Gasteiger partial charge in [-0.15, -0.1) is 0 Å². The van der Waals surface area contributed by atoms with E-state index in [1.807, 2.05) is 31.7 Å². The van der Waals surface area contributed by atoms with E-state index >= 15 is 0 Å². The maximum atomic E-state index is 5.88. The Labute approximate surface area is 113 Å². The molecule has 0 fully saturated rings. The van der Waals surface area contributed by atoms with Gasteiger partial charge < -0.3 is 15.6 Å². The number of aromatic nitrogens is 4. The maximum absolute atomic E-state index is 5.88. The van der Waals surface area contributed by atoms with Gasteiger partial charge in [0.25, 0.3) is 0 Å². The molecule has 19 heavy (non-hydrogen) atoms. The number of anilines is 2. The molecule has 0 aromatic carbocycles. The number of rotatable bonds is 5. The van der Waals surface area contributed by atoms with Crippen LogP contribution in [0.1, 0.15) is 24.1 Å². The summed E-state index contributed by atoms with van der Waals surface area (Å²) >= 11 is 0. The maximum Gasteiger partial charge on any atom is 0.134 e. The number of nitrogens with two attached hydrogens (primary N) is 1. The lowest BCUT2D eigenvalue weighted by Gasteiger charge is -2.11. The number of imidazole rings is 1. The van der Waals surface area contributed by atoms with Gasteiger partial charge in [0.2, 0.25) is 0 Å². The third kappa shape index (κ3) is 3.01. The minimum atomic E-state index is 0.548. The van der Waals surface area contributed by atoms with E-state index in [2.05, 4.69) is 20.3 Å². The van der Waals surface area contributed by atoms with Crippen molar-refractivity contribution in [2.24, 2.45) is 7.05 Å². The molecule has 6 nitrogen and oxygen atoms in total. The van der Waals surface area contributed by atoms with Crippen LogP contribution in [0, 0.1) is 6.92 Å². The molecule has 0 spiro atoms. The molecule has 0 unspecified atom stereocenters. The molecule has 0 bridgehead atoms. The smallest absolute Gasteiger partial charge is 0.134 e. The Morgan fingerprint density at radius 3 is 2.79 bits per heavy atom. The van der Waals surface area contributed by atoms with Gasteiger partial charge in [-0.1, -0.05) is 6.92 Å². The van der Waals surface area contributed by atoms with Crippen LogP contribution in [0.3, 0.4) is 0 Å². The minimum Gasteiger partial charge on any atom is -0.383 e. The first-order valence-corrected chi connectivity index (χ1v) is 6.45. The van der Waals surface area contributed by atoms with Gasteiger partial charge in [-0.3, -0.25) is 0 Å². The molecule has 0 amide bonds. The highest BCUT2D eigenvalue weighted by Gasteiger charge is 2.07. The zero-order chi connectivity index (χ0) is 13.8.